The zero-order chi connectivity index (χ0) is 21.1. The average molecular weight is 408 g/mol. The quantitative estimate of drug-likeness (QED) is 0.748. The molecule has 0 aliphatic heterocycles. The second kappa shape index (κ2) is 8.34. The average Bonchev–Trinajstić information content (AvgIpc) is 3.51. The Hall–Kier alpha value is -3.09. The van der Waals surface area contributed by atoms with Crippen LogP contribution in [0, 0.1) is 30.0 Å². The molecule has 1 unspecified atom stereocenters. The van der Waals surface area contributed by atoms with Gasteiger partial charge >= 0.3 is 0 Å². The molecule has 2 aromatic rings. The molecule has 1 amide bonds. The standard InChI is InChI=1S/C23H25FN4O2/c1-3-20-26-13-19(15(2)27-20)30-14-23(16-7-5-4-6-8-16)11-18(23)22(29)28-21-10-9-17(24)12-25-21/h4-7,9-10,12-13,16,18H,3,8,11,14H2,1-2H3,(H,25,28,29)/t16?,18-,23+/m0/s1. The topological polar surface area (TPSA) is 77.0 Å². The molecule has 2 aromatic heterocycles. The number of nitrogens with one attached hydrogen (secondary N) is 1. The lowest BCUT2D eigenvalue weighted by molar-refractivity contribution is -0.118. The molecule has 0 radical (unpaired) electrons. The molecule has 0 saturated heterocycles. The van der Waals surface area contributed by atoms with E-state index < -0.39 is 5.82 Å². The maximum absolute atomic E-state index is 13.1. The summed E-state index contributed by atoms with van der Waals surface area (Å²) in [5, 5.41) is 2.81. The van der Waals surface area contributed by atoms with Crippen molar-refractivity contribution in [3.05, 3.63) is 66.2 Å². The number of aromatic nitrogens is 3. The fourth-order valence-electron chi connectivity index (χ4n) is 4.05. The lowest BCUT2D eigenvalue weighted by Crippen LogP contribution is -2.29. The first kappa shape index (κ1) is 20.2. The third-order valence-corrected chi connectivity index (χ3v) is 5.93. The van der Waals surface area contributed by atoms with Crippen LogP contribution in [0.15, 0.2) is 48.8 Å². The van der Waals surface area contributed by atoms with Crippen molar-refractivity contribution < 1.29 is 13.9 Å². The molecule has 0 aromatic carbocycles. The van der Waals surface area contributed by atoms with Crippen LogP contribution < -0.4 is 10.1 Å². The molecule has 4 rings (SSSR count). The summed E-state index contributed by atoms with van der Waals surface area (Å²) in [5.74, 6) is 1.22. The normalized spacial score (nSPS) is 24.5. The molecule has 7 heteroatoms. The van der Waals surface area contributed by atoms with Crippen LogP contribution in [-0.2, 0) is 11.2 Å². The second-order valence-electron chi connectivity index (χ2n) is 7.87. The third-order valence-electron chi connectivity index (χ3n) is 5.93. The van der Waals surface area contributed by atoms with Crippen LogP contribution in [0.2, 0.25) is 0 Å². The van der Waals surface area contributed by atoms with Gasteiger partial charge in [-0.2, -0.15) is 0 Å². The Morgan fingerprint density at radius 2 is 2.17 bits per heavy atom. The van der Waals surface area contributed by atoms with E-state index in [-0.39, 0.29) is 23.2 Å². The molecule has 6 nitrogen and oxygen atoms in total. The van der Waals surface area contributed by atoms with E-state index in [1.165, 1.54) is 12.1 Å². The van der Waals surface area contributed by atoms with Crippen LogP contribution in [0.3, 0.4) is 0 Å². The van der Waals surface area contributed by atoms with E-state index in [9.17, 15) is 9.18 Å². The first-order valence-corrected chi connectivity index (χ1v) is 10.2. The summed E-state index contributed by atoms with van der Waals surface area (Å²) in [6.45, 7) is 4.32. The maximum Gasteiger partial charge on any atom is 0.229 e. The second-order valence-corrected chi connectivity index (χ2v) is 7.87. The summed E-state index contributed by atoms with van der Waals surface area (Å²) in [5.41, 5.74) is 0.495. The van der Waals surface area contributed by atoms with Gasteiger partial charge in [0.1, 0.15) is 17.5 Å². The summed E-state index contributed by atoms with van der Waals surface area (Å²) in [6, 6.07) is 2.75. The number of amides is 1. The maximum atomic E-state index is 13.1. The number of pyridine rings is 1. The van der Waals surface area contributed by atoms with Gasteiger partial charge in [0, 0.05) is 17.8 Å². The summed E-state index contributed by atoms with van der Waals surface area (Å²) >= 11 is 0. The minimum Gasteiger partial charge on any atom is -0.489 e. The summed E-state index contributed by atoms with van der Waals surface area (Å²) < 4.78 is 19.2. The van der Waals surface area contributed by atoms with Crippen molar-refractivity contribution in [3.8, 4) is 5.75 Å². The van der Waals surface area contributed by atoms with E-state index in [2.05, 4.69) is 32.4 Å². The molecule has 0 bridgehead atoms. The lowest BCUT2D eigenvalue weighted by Gasteiger charge is -2.26. The van der Waals surface area contributed by atoms with E-state index in [0.717, 1.165) is 37.0 Å². The Kier molecular flexibility index (Phi) is 5.61. The molecule has 2 heterocycles. The van der Waals surface area contributed by atoms with E-state index in [1.54, 1.807) is 6.20 Å². The van der Waals surface area contributed by atoms with Gasteiger partial charge in [-0.1, -0.05) is 31.2 Å². The molecule has 2 aliphatic carbocycles. The fourth-order valence-corrected chi connectivity index (χ4v) is 4.05. The number of aryl methyl sites for hydroxylation is 2. The van der Waals surface area contributed by atoms with Crippen molar-refractivity contribution >= 4 is 11.7 Å². The molecule has 156 valence electrons. The Labute approximate surface area is 175 Å². The van der Waals surface area contributed by atoms with Crippen LogP contribution in [0.25, 0.3) is 0 Å². The molecule has 30 heavy (non-hydrogen) atoms. The number of carbonyl (C=O) groups is 1. The Bertz CT molecular complexity index is 989. The van der Waals surface area contributed by atoms with E-state index in [4.69, 9.17) is 4.74 Å². The highest BCUT2D eigenvalue weighted by molar-refractivity contribution is 5.94. The highest BCUT2D eigenvalue weighted by Crippen LogP contribution is 2.60. The van der Waals surface area contributed by atoms with Gasteiger partial charge in [-0.05, 0) is 37.8 Å². The van der Waals surface area contributed by atoms with Gasteiger partial charge in [-0.3, -0.25) is 4.79 Å². The van der Waals surface area contributed by atoms with Crippen LogP contribution in [0.1, 0.15) is 31.3 Å². The van der Waals surface area contributed by atoms with Gasteiger partial charge in [0.25, 0.3) is 0 Å². The number of carbonyl (C=O) groups excluding carboxylic acids is 1. The number of allylic oxidation sites excluding steroid dienone is 4. The largest absolute Gasteiger partial charge is 0.489 e. The number of hydrogen-bond acceptors (Lipinski definition) is 5. The first-order chi connectivity index (χ1) is 14.5. The van der Waals surface area contributed by atoms with Crippen molar-refractivity contribution in [1.29, 1.82) is 0 Å². The van der Waals surface area contributed by atoms with Crippen molar-refractivity contribution in [3.63, 3.8) is 0 Å². The molecular formula is C23H25FN4O2. The van der Waals surface area contributed by atoms with Crippen LogP contribution in [0.4, 0.5) is 10.2 Å². The molecular weight excluding hydrogens is 383 g/mol. The summed E-state index contributed by atoms with van der Waals surface area (Å²) in [4.78, 5) is 25.6. The highest BCUT2D eigenvalue weighted by atomic mass is 19.1. The van der Waals surface area contributed by atoms with E-state index in [1.807, 2.05) is 26.0 Å². The van der Waals surface area contributed by atoms with Gasteiger partial charge in [-0.15, -0.1) is 0 Å². The molecule has 1 N–H and O–H groups in total. The monoisotopic (exact) mass is 408 g/mol. The van der Waals surface area contributed by atoms with Crippen LogP contribution in [0.5, 0.6) is 5.75 Å². The van der Waals surface area contributed by atoms with Crippen molar-refractivity contribution in [2.24, 2.45) is 17.3 Å². The lowest BCUT2D eigenvalue weighted by atomic mass is 9.82. The predicted octanol–water partition coefficient (Wildman–Crippen LogP) is 4.04. The van der Waals surface area contributed by atoms with Crippen LogP contribution >= 0.6 is 0 Å². The summed E-state index contributed by atoms with van der Waals surface area (Å²) in [6.07, 6.45) is 13.5. The predicted molar refractivity (Wildman–Crippen MR) is 111 cm³/mol. The summed E-state index contributed by atoms with van der Waals surface area (Å²) in [7, 11) is 0. The van der Waals surface area contributed by atoms with Gasteiger partial charge in [0.2, 0.25) is 5.91 Å². The minimum absolute atomic E-state index is 0.116. The highest BCUT2D eigenvalue weighted by Gasteiger charge is 2.62. The first-order valence-electron chi connectivity index (χ1n) is 10.2. The zero-order valence-electron chi connectivity index (χ0n) is 17.1. The van der Waals surface area contributed by atoms with Gasteiger partial charge in [0.15, 0.2) is 5.75 Å². The SMILES string of the molecule is CCc1ncc(OC[C@@]2(C3C=CC=CC3)C[C@H]2C(=O)Nc2ccc(F)cn2)c(C)n1. The zero-order valence-corrected chi connectivity index (χ0v) is 17.1. The fraction of sp³-hybridized carbons (Fsp3) is 0.391. The van der Waals surface area contributed by atoms with Gasteiger partial charge < -0.3 is 10.1 Å². The number of halogens is 1. The Balaban J connectivity index is 1.49. The number of hydrogen-bond donors (Lipinski definition) is 1. The van der Waals surface area contributed by atoms with Crippen molar-refractivity contribution in [2.75, 3.05) is 11.9 Å². The van der Waals surface area contributed by atoms with Gasteiger partial charge in [0.05, 0.1) is 24.7 Å². The number of ether oxygens (including phenoxy) is 1. The third kappa shape index (κ3) is 4.10. The molecule has 3 atom stereocenters. The Morgan fingerprint density at radius 1 is 1.30 bits per heavy atom. The number of rotatable bonds is 7. The molecule has 1 saturated carbocycles. The smallest absolute Gasteiger partial charge is 0.229 e. The number of nitrogens with zero attached hydrogens (tertiary/aromatic N) is 3. The van der Waals surface area contributed by atoms with Gasteiger partial charge in [-0.25, -0.2) is 19.3 Å². The van der Waals surface area contributed by atoms with Crippen LogP contribution in [-0.4, -0.2) is 27.5 Å². The van der Waals surface area contributed by atoms with Crippen molar-refractivity contribution in [2.45, 2.75) is 33.1 Å². The Morgan fingerprint density at radius 3 is 2.83 bits per heavy atom. The molecule has 0 spiro atoms. The minimum atomic E-state index is -0.437. The molecule has 1 fully saturated rings. The van der Waals surface area contributed by atoms with Crippen molar-refractivity contribution in [1.82, 2.24) is 15.0 Å². The number of anilines is 1. The van der Waals surface area contributed by atoms with E-state index in [0.29, 0.717) is 18.2 Å². The van der Waals surface area contributed by atoms with E-state index >= 15 is 0 Å². The molecule has 2 aliphatic rings.